The molecule has 1 fully saturated rings. The number of ether oxygens (including phenoxy) is 1. The van der Waals surface area contributed by atoms with Gasteiger partial charge in [-0.1, -0.05) is 19.8 Å². The van der Waals surface area contributed by atoms with Gasteiger partial charge >= 0.3 is 0 Å². The van der Waals surface area contributed by atoms with Gasteiger partial charge in [-0.05, 0) is 40.2 Å². The Kier molecular flexibility index (Phi) is 6.18. The maximum absolute atomic E-state index is 5.80. The highest BCUT2D eigenvalue weighted by Gasteiger charge is 2.32. The van der Waals surface area contributed by atoms with E-state index in [2.05, 4.69) is 51.8 Å². The first kappa shape index (κ1) is 15.5. The van der Waals surface area contributed by atoms with Crippen LogP contribution in [-0.4, -0.2) is 25.3 Å². The fourth-order valence-electron chi connectivity index (χ4n) is 2.61. The van der Waals surface area contributed by atoms with Gasteiger partial charge in [0.2, 0.25) is 0 Å². The molecule has 104 valence electrons. The molecule has 0 aromatic heterocycles. The summed E-state index contributed by atoms with van der Waals surface area (Å²) in [4.78, 5) is 0. The Labute approximate surface area is 113 Å². The summed E-state index contributed by atoms with van der Waals surface area (Å²) in [5.74, 6) is 7.33. The number of hydrogen-bond donors (Lipinski definition) is 1. The minimum Gasteiger partial charge on any atom is -0.378 e. The van der Waals surface area contributed by atoms with Gasteiger partial charge < -0.3 is 10.1 Å². The highest BCUT2D eigenvalue weighted by molar-refractivity contribution is 5.09. The van der Waals surface area contributed by atoms with Crippen molar-refractivity contribution in [3.05, 3.63) is 0 Å². The molecule has 0 radical (unpaired) electrons. The van der Waals surface area contributed by atoms with Gasteiger partial charge in [-0.25, -0.2) is 0 Å². The Morgan fingerprint density at radius 3 is 2.61 bits per heavy atom. The average Bonchev–Trinajstić information content (AvgIpc) is 2.74. The highest BCUT2D eigenvalue weighted by Crippen LogP contribution is 2.27. The predicted octanol–water partition coefficient (Wildman–Crippen LogP) is 3.22. The van der Waals surface area contributed by atoms with E-state index in [0.717, 1.165) is 26.0 Å². The zero-order valence-corrected chi connectivity index (χ0v) is 12.7. The summed E-state index contributed by atoms with van der Waals surface area (Å²) in [6, 6.07) is 0.484. The summed E-state index contributed by atoms with van der Waals surface area (Å²) in [5.41, 5.74) is 0.104. The molecule has 1 rings (SSSR count). The predicted molar refractivity (Wildman–Crippen MR) is 77.5 cm³/mol. The van der Waals surface area contributed by atoms with Crippen LogP contribution in [0.4, 0.5) is 0 Å². The second-order valence-electron chi connectivity index (χ2n) is 6.19. The summed E-state index contributed by atoms with van der Waals surface area (Å²) in [6.07, 6.45) is 3.65. The van der Waals surface area contributed by atoms with Gasteiger partial charge in [0.25, 0.3) is 0 Å². The zero-order chi connectivity index (χ0) is 13.6. The van der Waals surface area contributed by atoms with Crippen LogP contribution in [-0.2, 0) is 4.74 Å². The second-order valence-corrected chi connectivity index (χ2v) is 6.19. The molecular formula is C16H29NO. The van der Waals surface area contributed by atoms with Crippen molar-refractivity contribution in [2.24, 2.45) is 11.3 Å². The lowest BCUT2D eigenvalue weighted by molar-refractivity contribution is 0.0781. The smallest absolute Gasteiger partial charge is 0.0616 e. The van der Waals surface area contributed by atoms with Crippen molar-refractivity contribution >= 4 is 0 Å². The van der Waals surface area contributed by atoms with Gasteiger partial charge in [0.1, 0.15) is 0 Å². The SMILES string of the molecule is CCNC(CC#CC(C)(C)C)C1CCOC1CC. The van der Waals surface area contributed by atoms with Crippen molar-refractivity contribution < 1.29 is 4.74 Å². The van der Waals surface area contributed by atoms with Crippen molar-refractivity contribution in [3.8, 4) is 11.8 Å². The zero-order valence-electron chi connectivity index (χ0n) is 12.7. The Morgan fingerprint density at radius 1 is 1.33 bits per heavy atom. The quantitative estimate of drug-likeness (QED) is 0.758. The first-order chi connectivity index (χ1) is 8.48. The largest absolute Gasteiger partial charge is 0.378 e. The van der Waals surface area contributed by atoms with Crippen LogP contribution in [0.2, 0.25) is 0 Å². The van der Waals surface area contributed by atoms with E-state index in [4.69, 9.17) is 4.74 Å². The molecule has 1 saturated heterocycles. The minimum absolute atomic E-state index is 0.104. The first-order valence-electron chi connectivity index (χ1n) is 7.33. The van der Waals surface area contributed by atoms with Crippen LogP contribution in [0.1, 0.15) is 53.9 Å². The maximum atomic E-state index is 5.80. The van der Waals surface area contributed by atoms with Gasteiger partial charge in [0.05, 0.1) is 6.10 Å². The Bertz CT molecular complexity index is 294. The minimum atomic E-state index is 0.104. The molecule has 0 spiro atoms. The second kappa shape index (κ2) is 7.16. The van der Waals surface area contributed by atoms with Crippen molar-refractivity contribution in [2.75, 3.05) is 13.2 Å². The number of hydrogen-bond acceptors (Lipinski definition) is 2. The van der Waals surface area contributed by atoms with Crippen LogP contribution in [0.5, 0.6) is 0 Å². The monoisotopic (exact) mass is 251 g/mol. The fraction of sp³-hybridized carbons (Fsp3) is 0.875. The molecule has 0 amide bonds. The molecule has 1 aliphatic heterocycles. The molecule has 1 aliphatic rings. The normalized spacial score (nSPS) is 25.6. The van der Waals surface area contributed by atoms with Crippen LogP contribution in [0.3, 0.4) is 0 Å². The summed E-state index contributed by atoms with van der Waals surface area (Å²) in [6.45, 7) is 12.8. The summed E-state index contributed by atoms with van der Waals surface area (Å²) >= 11 is 0. The summed E-state index contributed by atoms with van der Waals surface area (Å²) in [5, 5.41) is 3.59. The third-order valence-corrected chi connectivity index (χ3v) is 3.43. The lowest BCUT2D eigenvalue weighted by Crippen LogP contribution is -2.39. The van der Waals surface area contributed by atoms with Gasteiger partial charge in [-0.2, -0.15) is 0 Å². The van der Waals surface area contributed by atoms with Crippen LogP contribution in [0.15, 0.2) is 0 Å². The summed E-state index contributed by atoms with van der Waals surface area (Å²) < 4.78 is 5.80. The van der Waals surface area contributed by atoms with Gasteiger partial charge in [0, 0.05) is 30.4 Å². The molecule has 3 atom stereocenters. The Balaban J connectivity index is 2.61. The molecule has 1 N–H and O–H groups in total. The topological polar surface area (TPSA) is 21.3 Å². The maximum Gasteiger partial charge on any atom is 0.0616 e. The van der Waals surface area contributed by atoms with Crippen LogP contribution < -0.4 is 5.32 Å². The summed E-state index contributed by atoms with van der Waals surface area (Å²) in [7, 11) is 0. The number of nitrogens with one attached hydrogen (secondary N) is 1. The molecular weight excluding hydrogens is 222 g/mol. The molecule has 0 aromatic rings. The number of rotatable bonds is 5. The van der Waals surface area contributed by atoms with Crippen molar-refractivity contribution in [1.82, 2.24) is 5.32 Å². The van der Waals surface area contributed by atoms with E-state index in [0.29, 0.717) is 18.1 Å². The fourth-order valence-corrected chi connectivity index (χ4v) is 2.61. The van der Waals surface area contributed by atoms with Crippen LogP contribution in [0.25, 0.3) is 0 Å². The van der Waals surface area contributed by atoms with E-state index in [1.54, 1.807) is 0 Å². The highest BCUT2D eigenvalue weighted by atomic mass is 16.5. The first-order valence-corrected chi connectivity index (χ1v) is 7.33. The van der Waals surface area contributed by atoms with Gasteiger partial charge in [-0.15, -0.1) is 5.92 Å². The molecule has 2 heteroatoms. The van der Waals surface area contributed by atoms with E-state index < -0.39 is 0 Å². The van der Waals surface area contributed by atoms with Crippen LogP contribution in [0, 0.1) is 23.2 Å². The lowest BCUT2D eigenvalue weighted by Gasteiger charge is -2.26. The lowest BCUT2D eigenvalue weighted by atomic mass is 9.88. The Morgan fingerprint density at radius 2 is 2.06 bits per heavy atom. The van der Waals surface area contributed by atoms with E-state index in [1.165, 1.54) is 6.42 Å². The molecule has 3 unspecified atom stereocenters. The Hall–Kier alpha value is -0.520. The third-order valence-electron chi connectivity index (χ3n) is 3.43. The standard InChI is InChI=1S/C16H29NO/c1-6-15-13(10-12-18-15)14(17-7-2)9-8-11-16(3,4)5/h13-15,17H,6-7,9-10,12H2,1-5H3. The van der Waals surface area contributed by atoms with E-state index in [1.807, 2.05) is 0 Å². The third kappa shape index (κ3) is 5.00. The van der Waals surface area contributed by atoms with Crippen molar-refractivity contribution in [3.63, 3.8) is 0 Å². The van der Waals surface area contributed by atoms with Crippen molar-refractivity contribution in [1.29, 1.82) is 0 Å². The average molecular weight is 251 g/mol. The van der Waals surface area contributed by atoms with E-state index in [-0.39, 0.29) is 5.41 Å². The molecule has 0 saturated carbocycles. The molecule has 18 heavy (non-hydrogen) atoms. The van der Waals surface area contributed by atoms with Gasteiger partial charge in [-0.3, -0.25) is 0 Å². The van der Waals surface area contributed by atoms with E-state index in [9.17, 15) is 0 Å². The van der Waals surface area contributed by atoms with E-state index >= 15 is 0 Å². The molecule has 0 aromatic carbocycles. The molecule has 0 aliphatic carbocycles. The molecule has 2 nitrogen and oxygen atoms in total. The molecule has 0 bridgehead atoms. The molecule has 1 heterocycles. The van der Waals surface area contributed by atoms with Crippen LogP contribution >= 0.6 is 0 Å². The van der Waals surface area contributed by atoms with Gasteiger partial charge in [0.15, 0.2) is 0 Å². The van der Waals surface area contributed by atoms with Crippen molar-refractivity contribution in [2.45, 2.75) is 66.0 Å².